The lowest BCUT2D eigenvalue weighted by Crippen LogP contribution is -2.54. The van der Waals surface area contributed by atoms with Crippen molar-refractivity contribution in [3.8, 4) is 0 Å². The maximum Gasteiger partial charge on any atom is 0.329 e. The van der Waals surface area contributed by atoms with Crippen LogP contribution in [0.5, 0.6) is 0 Å². The minimum atomic E-state index is -1.12. The van der Waals surface area contributed by atoms with Crippen LogP contribution in [0.2, 0.25) is 5.15 Å². The van der Waals surface area contributed by atoms with Crippen LogP contribution >= 0.6 is 11.6 Å². The summed E-state index contributed by atoms with van der Waals surface area (Å²) in [6.45, 7) is 2.62. The summed E-state index contributed by atoms with van der Waals surface area (Å²) in [4.78, 5) is 29.7. The number of nitrogens with one attached hydrogen (secondary N) is 1. The number of H-pyrrole nitrogens is 1. The second-order valence-corrected chi connectivity index (χ2v) is 5.25. The number of likely N-dealkylation sites (N-methyl/N-ethyl adjacent to an activating group) is 2. The van der Waals surface area contributed by atoms with Gasteiger partial charge < -0.3 is 4.90 Å². The summed E-state index contributed by atoms with van der Waals surface area (Å²) in [5.74, 6) is -1.12. The van der Waals surface area contributed by atoms with Crippen LogP contribution in [0, 0.1) is 5.82 Å². The molecule has 1 aromatic rings. The zero-order valence-electron chi connectivity index (χ0n) is 10.8. The number of hydrogen-bond donors (Lipinski definition) is 1. The van der Waals surface area contributed by atoms with Gasteiger partial charge in [-0.25, -0.2) is 4.79 Å². The lowest BCUT2D eigenvalue weighted by atomic mass is 10.2. The van der Waals surface area contributed by atoms with Gasteiger partial charge in [0.15, 0.2) is 5.15 Å². The SMILES string of the molecule is CN1CCN(C)C(Cn2c(=O)[nH]c(Cl)c(F)c2=O)C1. The van der Waals surface area contributed by atoms with Crippen molar-refractivity contribution in [2.45, 2.75) is 12.6 Å². The van der Waals surface area contributed by atoms with Crippen molar-refractivity contribution >= 4 is 11.6 Å². The predicted octanol–water partition coefficient (Wildman–Crippen LogP) is -0.425. The van der Waals surface area contributed by atoms with E-state index >= 15 is 0 Å². The summed E-state index contributed by atoms with van der Waals surface area (Å²) in [5, 5.41) is -0.541. The molecule has 2 heterocycles. The fourth-order valence-corrected chi connectivity index (χ4v) is 2.36. The third-order valence-electron chi connectivity index (χ3n) is 3.46. The van der Waals surface area contributed by atoms with Crippen molar-refractivity contribution in [1.82, 2.24) is 19.4 Å². The van der Waals surface area contributed by atoms with Crippen LogP contribution in [0.3, 0.4) is 0 Å². The summed E-state index contributed by atoms with van der Waals surface area (Å²) in [6, 6.07) is -0.0156. The molecule has 1 fully saturated rings. The van der Waals surface area contributed by atoms with Gasteiger partial charge in [0.05, 0.1) is 0 Å². The summed E-state index contributed by atoms with van der Waals surface area (Å²) in [7, 11) is 3.89. The molecule has 1 unspecified atom stereocenters. The van der Waals surface area contributed by atoms with Gasteiger partial charge in [0.25, 0.3) is 5.56 Å². The third-order valence-corrected chi connectivity index (χ3v) is 3.72. The second kappa shape index (κ2) is 5.44. The van der Waals surface area contributed by atoms with Gasteiger partial charge in [-0.2, -0.15) is 4.39 Å². The highest BCUT2D eigenvalue weighted by atomic mass is 35.5. The van der Waals surface area contributed by atoms with Crippen molar-refractivity contribution < 1.29 is 4.39 Å². The van der Waals surface area contributed by atoms with Gasteiger partial charge in [0, 0.05) is 32.2 Å². The summed E-state index contributed by atoms with van der Waals surface area (Å²) >= 11 is 5.42. The molecule has 2 rings (SSSR count). The Hall–Kier alpha value is -1.18. The maximum atomic E-state index is 13.4. The molecule has 1 aromatic heterocycles. The van der Waals surface area contributed by atoms with E-state index < -0.39 is 22.2 Å². The molecule has 19 heavy (non-hydrogen) atoms. The smallest absolute Gasteiger partial charge is 0.303 e. The average molecular weight is 291 g/mol. The first-order valence-electron chi connectivity index (χ1n) is 5.97. The molecule has 1 atom stereocenters. The third kappa shape index (κ3) is 2.88. The van der Waals surface area contributed by atoms with Crippen LogP contribution in [-0.4, -0.2) is 59.1 Å². The molecule has 1 N–H and O–H groups in total. The van der Waals surface area contributed by atoms with Gasteiger partial charge in [-0.05, 0) is 14.1 Å². The molecule has 1 aliphatic heterocycles. The van der Waals surface area contributed by atoms with Crippen molar-refractivity contribution in [2.75, 3.05) is 33.7 Å². The Labute approximate surface area is 114 Å². The second-order valence-electron chi connectivity index (χ2n) is 4.87. The summed E-state index contributed by atoms with van der Waals surface area (Å²) in [5.41, 5.74) is -1.66. The molecule has 1 aliphatic rings. The summed E-state index contributed by atoms with van der Waals surface area (Å²) in [6.07, 6.45) is 0. The zero-order valence-corrected chi connectivity index (χ0v) is 11.6. The highest BCUT2D eigenvalue weighted by Gasteiger charge is 2.24. The minimum Gasteiger partial charge on any atom is -0.303 e. The minimum absolute atomic E-state index is 0.0156. The van der Waals surface area contributed by atoms with Crippen molar-refractivity contribution in [2.24, 2.45) is 0 Å². The number of halogens is 2. The van der Waals surface area contributed by atoms with Crippen LogP contribution in [-0.2, 0) is 6.54 Å². The average Bonchev–Trinajstić information content (AvgIpc) is 2.36. The van der Waals surface area contributed by atoms with Crippen LogP contribution < -0.4 is 11.2 Å². The van der Waals surface area contributed by atoms with Crippen molar-refractivity contribution in [3.63, 3.8) is 0 Å². The Morgan fingerprint density at radius 1 is 1.37 bits per heavy atom. The number of nitrogens with zero attached hydrogens (tertiary/aromatic N) is 3. The Balaban J connectivity index is 2.31. The van der Waals surface area contributed by atoms with E-state index in [4.69, 9.17) is 11.6 Å². The van der Waals surface area contributed by atoms with Gasteiger partial charge >= 0.3 is 5.69 Å². The molecule has 1 saturated heterocycles. The fraction of sp³-hybridized carbons (Fsp3) is 0.636. The lowest BCUT2D eigenvalue weighted by Gasteiger charge is -2.37. The molecule has 8 heteroatoms. The largest absolute Gasteiger partial charge is 0.329 e. The van der Waals surface area contributed by atoms with Gasteiger partial charge in [-0.15, -0.1) is 0 Å². The zero-order chi connectivity index (χ0) is 14.2. The molecule has 0 amide bonds. The Morgan fingerprint density at radius 2 is 2.05 bits per heavy atom. The number of piperazine rings is 1. The van der Waals surface area contributed by atoms with Gasteiger partial charge in [-0.3, -0.25) is 19.2 Å². The van der Waals surface area contributed by atoms with Crippen LogP contribution in [0.1, 0.15) is 0 Å². The van der Waals surface area contributed by atoms with Crippen LogP contribution in [0.25, 0.3) is 0 Å². The van der Waals surface area contributed by atoms with Crippen molar-refractivity contribution in [3.05, 3.63) is 31.8 Å². The van der Waals surface area contributed by atoms with Crippen LogP contribution in [0.4, 0.5) is 4.39 Å². The van der Waals surface area contributed by atoms with Gasteiger partial charge in [0.2, 0.25) is 5.82 Å². The van der Waals surface area contributed by atoms with Crippen molar-refractivity contribution in [1.29, 1.82) is 0 Å². The first kappa shape index (κ1) is 14.2. The van der Waals surface area contributed by atoms with Gasteiger partial charge in [-0.1, -0.05) is 11.6 Å². The number of hydrogen-bond acceptors (Lipinski definition) is 4. The highest BCUT2D eigenvalue weighted by molar-refractivity contribution is 6.29. The molecular weight excluding hydrogens is 275 g/mol. The topological polar surface area (TPSA) is 61.3 Å². The molecule has 0 saturated carbocycles. The monoisotopic (exact) mass is 290 g/mol. The van der Waals surface area contributed by atoms with E-state index in [1.54, 1.807) is 0 Å². The number of aromatic amines is 1. The van der Waals surface area contributed by atoms with E-state index in [1.165, 1.54) is 0 Å². The van der Waals surface area contributed by atoms with E-state index in [-0.39, 0.29) is 12.6 Å². The standard InChI is InChI=1S/C11H16ClFN4O2/c1-15-3-4-16(2)7(5-15)6-17-10(18)8(13)9(12)14-11(17)19/h7H,3-6H2,1-2H3,(H,14,19). The first-order valence-corrected chi connectivity index (χ1v) is 6.35. The molecule has 0 bridgehead atoms. The molecule has 6 nitrogen and oxygen atoms in total. The molecule has 106 valence electrons. The maximum absolute atomic E-state index is 13.4. The molecular formula is C11H16ClFN4O2. The quantitative estimate of drug-likeness (QED) is 0.751. The first-order chi connectivity index (χ1) is 8.90. The van der Waals surface area contributed by atoms with Crippen LogP contribution in [0.15, 0.2) is 9.59 Å². The van der Waals surface area contributed by atoms with E-state index in [1.807, 2.05) is 14.1 Å². The Kier molecular flexibility index (Phi) is 4.07. The van der Waals surface area contributed by atoms with E-state index in [0.29, 0.717) is 6.54 Å². The molecule has 0 aromatic carbocycles. The van der Waals surface area contributed by atoms with E-state index in [2.05, 4.69) is 14.8 Å². The fourth-order valence-electron chi connectivity index (χ4n) is 2.20. The van der Waals surface area contributed by atoms with E-state index in [9.17, 15) is 14.0 Å². The summed E-state index contributed by atoms with van der Waals surface area (Å²) < 4.78 is 14.3. The molecule has 0 aliphatic carbocycles. The lowest BCUT2D eigenvalue weighted by molar-refractivity contribution is 0.101. The Morgan fingerprint density at radius 3 is 2.74 bits per heavy atom. The highest BCUT2D eigenvalue weighted by Crippen LogP contribution is 2.08. The molecule has 0 radical (unpaired) electrons. The van der Waals surface area contributed by atoms with Gasteiger partial charge in [0.1, 0.15) is 0 Å². The predicted molar refractivity (Wildman–Crippen MR) is 70.2 cm³/mol. The number of aromatic nitrogens is 2. The number of rotatable bonds is 2. The normalized spacial score (nSPS) is 21.8. The Bertz CT molecular complexity index is 585. The van der Waals surface area contributed by atoms with E-state index in [0.717, 1.165) is 17.7 Å². The molecule has 0 spiro atoms.